The molecule has 8 nitrogen and oxygen atoms in total. The third-order valence-electron chi connectivity index (χ3n) is 6.22. The highest BCUT2D eigenvalue weighted by Gasteiger charge is 2.25. The largest absolute Gasteiger partial charge is 0.379 e. The number of nitrogens with zero attached hydrogens (tertiary/aromatic N) is 4. The molecule has 194 valence electrons. The van der Waals surface area contributed by atoms with E-state index < -0.39 is 10.0 Å². The van der Waals surface area contributed by atoms with E-state index in [9.17, 15) is 13.2 Å². The van der Waals surface area contributed by atoms with Gasteiger partial charge in [0.1, 0.15) is 0 Å². The number of hydrogen-bond donors (Lipinski definition) is 0. The van der Waals surface area contributed by atoms with E-state index in [1.54, 1.807) is 17.0 Å². The molecule has 4 rings (SSSR count). The van der Waals surface area contributed by atoms with Crippen molar-refractivity contribution in [1.29, 1.82) is 0 Å². The highest BCUT2D eigenvalue weighted by molar-refractivity contribution is 9.10. The van der Waals surface area contributed by atoms with Crippen LogP contribution in [0, 0.1) is 0 Å². The molecule has 1 aromatic heterocycles. The standard InChI is InChI=1S/C25H31BrN4O4S2/c1-3-29(4-2)36(32,33)21-9-6-19(7-10-21)24(31)30(13-5-12-28-14-16-34-17-15-28)25-27-22-11-8-20(26)18-23(22)35-25/h6-11,18H,3-5,12-17H2,1-2H3. The summed E-state index contributed by atoms with van der Waals surface area (Å²) in [5.41, 5.74) is 1.27. The summed E-state index contributed by atoms with van der Waals surface area (Å²) in [5.74, 6) is -0.193. The lowest BCUT2D eigenvalue weighted by Crippen LogP contribution is -2.39. The first-order valence-corrected chi connectivity index (χ1v) is 15.2. The van der Waals surface area contributed by atoms with Crippen molar-refractivity contribution in [3.63, 3.8) is 0 Å². The molecule has 11 heteroatoms. The Kier molecular flexibility index (Phi) is 9.13. The molecule has 0 atom stereocenters. The van der Waals surface area contributed by atoms with Crippen LogP contribution in [0.25, 0.3) is 10.2 Å². The van der Waals surface area contributed by atoms with E-state index in [-0.39, 0.29) is 10.8 Å². The Hall–Kier alpha value is -1.89. The Morgan fingerprint density at radius 1 is 1.11 bits per heavy atom. The number of aromatic nitrogens is 1. The molecule has 0 bridgehead atoms. The van der Waals surface area contributed by atoms with Crippen molar-refractivity contribution in [3.8, 4) is 0 Å². The van der Waals surface area contributed by atoms with Crippen LogP contribution >= 0.6 is 27.3 Å². The van der Waals surface area contributed by atoms with Gasteiger partial charge in [-0.2, -0.15) is 4.31 Å². The van der Waals surface area contributed by atoms with Gasteiger partial charge in [-0.25, -0.2) is 13.4 Å². The van der Waals surface area contributed by atoms with E-state index in [1.165, 1.54) is 27.8 Å². The maximum absolute atomic E-state index is 13.7. The molecule has 1 aliphatic rings. The second kappa shape index (κ2) is 12.1. The summed E-state index contributed by atoms with van der Waals surface area (Å²) < 4.78 is 34.5. The first kappa shape index (κ1) is 27.2. The molecule has 2 aromatic carbocycles. The van der Waals surface area contributed by atoms with E-state index in [2.05, 4.69) is 20.8 Å². The smallest absolute Gasteiger partial charge is 0.260 e. The zero-order valence-corrected chi connectivity index (χ0v) is 23.7. The predicted molar refractivity (Wildman–Crippen MR) is 147 cm³/mol. The molecule has 0 aliphatic carbocycles. The molecule has 36 heavy (non-hydrogen) atoms. The lowest BCUT2D eigenvalue weighted by atomic mass is 10.2. The average Bonchev–Trinajstić information content (AvgIpc) is 3.30. The van der Waals surface area contributed by atoms with Crippen LogP contribution in [0.2, 0.25) is 0 Å². The van der Waals surface area contributed by atoms with E-state index in [0.29, 0.717) is 30.3 Å². The molecule has 0 spiro atoms. The number of morpholine rings is 1. The van der Waals surface area contributed by atoms with Gasteiger partial charge in [0.25, 0.3) is 5.91 Å². The summed E-state index contributed by atoms with van der Waals surface area (Å²) in [6, 6.07) is 12.1. The molecule has 1 aliphatic heterocycles. The summed E-state index contributed by atoms with van der Waals surface area (Å²) >= 11 is 4.98. The minimum atomic E-state index is -3.59. The number of hydrogen-bond acceptors (Lipinski definition) is 7. The molecular weight excluding hydrogens is 564 g/mol. The summed E-state index contributed by atoms with van der Waals surface area (Å²) in [6.07, 6.45) is 0.791. The number of sulfonamides is 1. The minimum absolute atomic E-state index is 0.187. The minimum Gasteiger partial charge on any atom is -0.379 e. The van der Waals surface area contributed by atoms with Gasteiger partial charge in [-0.15, -0.1) is 0 Å². The number of fused-ring (bicyclic) bond motifs is 1. The molecule has 2 heterocycles. The Bertz CT molecular complexity index is 1290. The van der Waals surface area contributed by atoms with E-state index in [1.807, 2.05) is 32.0 Å². The van der Waals surface area contributed by atoms with Gasteiger partial charge < -0.3 is 4.74 Å². The van der Waals surface area contributed by atoms with Crippen LogP contribution < -0.4 is 4.90 Å². The summed E-state index contributed by atoms with van der Waals surface area (Å²) in [6.45, 7) is 9.04. The van der Waals surface area contributed by atoms with Gasteiger partial charge in [-0.05, 0) is 48.9 Å². The maximum atomic E-state index is 13.7. The monoisotopic (exact) mass is 594 g/mol. The maximum Gasteiger partial charge on any atom is 0.260 e. The number of benzene rings is 2. The van der Waals surface area contributed by atoms with Crippen LogP contribution in [-0.2, 0) is 14.8 Å². The van der Waals surface area contributed by atoms with Crippen molar-refractivity contribution in [3.05, 3.63) is 52.5 Å². The average molecular weight is 596 g/mol. The second-order valence-electron chi connectivity index (χ2n) is 8.49. The van der Waals surface area contributed by atoms with Crippen LogP contribution in [-0.4, -0.2) is 81.0 Å². The van der Waals surface area contributed by atoms with E-state index in [0.717, 1.165) is 54.0 Å². The zero-order chi connectivity index (χ0) is 25.7. The number of rotatable bonds is 10. The summed E-state index contributed by atoms with van der Waals surface area (Å²) in [7, 11) is -3.59. The molecule has 0 N–H and O–H groups in total. The lowest BCUT2D eigenvalue weighted by Gasteiger charge is -2.27. The van der Waals surface area contributed by atoms with Gasteiger partial charge in [0.2, 0.25) is 10.0 Å². The van der Waals surface area contributed by atoms with E-state index in [4.69, 9.17) is 9.72 Å². The van der Waals surface area contributed by atoms with Crippen molar-refractivity contribution >= 4 is 58.5 Å². The highest BCUT2D eigenvalue weighted by Crippen LogP contribution is 2.32. The Balaban J connectivity index is 1.58. The van der Waals surface area contributed by atoms with Crippen molar-refractivity contribution in [2.24, 2.45) is 0 Å². The molecule has 0 saturated carbocycles. The highest BCUT2D eigenvalue weighted by atomic mass is 79.9. The van der Waals surface area contributed by atoms with Gasteiger partial charge in [-0.1, -0.05) is 41.1 Å². The lowest BCUT2D eigenvalue weighted by molar-refractivity contribution is 0.0376. The molecule has 0 unspecified atom stereocenters. The van der Waals surface area contributed by atoms with E-state index >= 15 is 0 Å². The van der Waals surface area contributed by atoms with Crippen LogP contribution in [0.15, 0.2) is 51.8 Å². The quantitative estimate of drug-likeness (QED) is 0.345. The normalized spacial score (nSPS) is 15.0. The third-order valence-corrected chi connectivity index (χ3v) is 9.82. The Morgan fingerprint density at radius 3 is 2.47 bits per heavy atom. The fraction of sp³-hybridized carbons (Fsp3) is 0.440. The molecular formula is C25H31BrN4O4S2. The third kappa shape index (κ3) is 6.15. The van der Waals surface area contributed by atoms with Gasteiger partial charge in [0, 0.05) is 49.3 Å². The van der Waals surface area contributed by atoms with Crippen molar-refractivity contribution in [1.82, 2.24) is 14.2 Å². The summed E-state index contributed by atoms with van der Waals surface area (Å²) in [5, 5.41) is 0.634. The number of anilines is 1. The van der Waals surface area contributed by atoms with Crippen molar-refractivity contribution in [2.75, 3.05) is 57.4 Å². The van der Waals surface area contributed by atoms with Crippen LogP contribution in [0.3, 0.4) is 0 Å². The van der Waals surface area contributed by atoms with Crippen LogP contribution in [0.4, 0.5) is 5.13 Å². The molecule has 1 amide bonds. The SMILES string of the molecule is CCN(CC)S(=O)(=O)c1ccc(C(=O)N(CCCN2CCOCC2)c2nc3ccc(Br)cc3s2)cc1. The molecule has 0 radical (unpaired) electrons. The Labute approximate surface area is 225 Å². The van der Waals surface area contributed by atoms with Gasteiger partial charge in [0.15, 0.2) is 5.13 Å². The van der Waals surface area contributed by atoms with Crippen LogP contribution in [0.5, 0.6) is 0 Å². The number of carbonyl (C=O) groups is 1. The molecule has 1 saturated heterocycles. The number of amides is 1. The second-order valence-corrected chi connectivity index (χ2v) is 12.3. The van der Waals surface area contributed by atoms with Crippen molar-refractivity contribution < 1.29 is 17.9 Å². The summed E-state index contributed by atoms with van der Waals surface area (Å²) in [4.78, 5) is 22.6. The number of halogens is 1. The molecule has 3 aromatic rings. The number of ether oxygens (including phenoxy) is 1. The first-order chi connectivity index (χ1) is 17.3. The fourth-order valence-corrected chi connectivity index (χ4v) is 7.20. The Morgan fingerprint density at radius 2 is 1.81 bits per heavy atom. The number of carbonyl (C=O) groups excluding carboxylic acids is 1. The van der Waals surface area contributed by atoms with Crippen molar-refractivity contribution in [2.45, 2.75) is 25.2 Å². The number of thiazole rings is 1. The first-order valence-electron chi connectivity index (χ1n) is 12.1. The molecule has 1 fully saturated rings. The predicted octanol–water partition coefficient (Wildman–Crippen LogP) is 4.46. The van der Waals surface area contributed by atoms with Gasteiger partial charge in [0.05, 0.1) is 28.3 Å². The zero-order valence-electron chi connectivity index (χ0n) is 20.5. The van der Waals surface area contributed by atoms with Gasteiger partial charge >= 0.3 is 0 Å². The fourth-order valence-electron chi connectivity index (χ4n) is 4.20. The van der Waals surface area contributed by atoms with Gasteiger partial charge in [-0.3, -0.25) is 14.6 Å². The topological polar surface area (TPSA) is 83.1 Å². The van der Waals surface area contributed by atoms with Crippen LogP contribution in [0.1, 0.15) is 30.6 Å².